The molecule has 0 aliphatic heterocycles. The van der Waals surface area contributed by atoms with Crippen molar-refractivity contribution in [1.29, 1.82) is 10.8 Å². The third-order valence-electron chi connectivity index (χ3n) is 10.3. The van der Waals surface area contributed by atoms with Gasteiger partial charge in [-0.05, 0) is 98.6 Å². The first-order valence-electron chi connectivity index (χ1n) is 22.7. The van der Waals surface area contributed by atoms with Gasteiger partial charge in [0.1, 0.15) is 48.3 Å². The van der Waals surface area contributed by atoms with Crippen LogP contribution in [-0.4, -0.2) is 169 Å². The van der Waals surface area contributed by atoms with Crippen LogP contribution in [0.5, 0.6) is 0 Å². The Balaban J connectivity index is 6.04. The quantitative estimate of drug-likeness (QED) is 0.0159. The Hall–Kier alpha value is -6.43. The molecule has 26 N–H and O–H groups in total. The van der Waals surface area contributed by atoms with Gasteiger partial charge in [-0.15, -0.1) is 0 Å². The van der Waals surface area contributed by atoms with Gasteiger partial charge in [0.25, 0.3) is 0 Å². The van der Waals surface area contributed by atoms with Gasteiger partial charge in [0.15, 0.2) is 11.9 Å². The van der Waals surface area contributed by atoms with E-state index in [-0.39, 0.29) is 57.1 Å². The van der Waals surface area contributed by atoms with Crippen molar-refractivity contribution in [3.8, 4) is 0 Å². The van der Waals surface area contributed by atoms with Gasteiger partial charge in [-0.2, -0.15) is 0 Å². The van der Waals surface area contributed by atoms with Crippen LogP contribution in [0.15, 0.2) is 0 Å². The third kappa shape index (κ3) is 26.1. The van der Waals surface area contributed by atoms with Crippen LogP contribution in [0, 0.1) is 10.8 Å². The summed E-state index contributed by atoms with van der Waals surface area (Å²) in [4.78, 5) is 118. The predicted molar refractivity (Wildman–Crippen MR) is 253 cm³/mol. The molecule has 10 atom stereocenters. The first-order chi connectivity index (χ1) is 32.4. The monoisotopic (exact) mass is 987 g/mol. The molecule has 69 heavy (non-hydrogen) atoms. The van der Waals surface area contributed by atoms with E-state index in [1.165, 1.54) is 20.8 Å². The maximum absolute atomic E-state index is 13.7. The predicted octanol–water partition coefficient (Wildman–Crippen LogP) is -8.11. The van der Waals surface area contributed by atoms with Gasteiger partial charge in [0.05, 0.1) is 18.8 Å². The molecule has 29 nitrogen and oxygen atoms in total. The average molecular weight is 987 g/mol. The number of rotatable bonds is 35. The van der Waals surface area contributed by atoms with Crippen LogP contribution in [0.2, 0.25) is 0 Å². The number of carbonyl (C=O) groups excluding carboxylic acids is 9. The number of aliphatic hydroxyl groups excluding tert-OH is 2. The highest BCUT2D eigenvalue weighted by Gasteiger charge is 2.33. The minimum Gasteiger partial charge on any atom is -0.394 e. The zero-order chi connectivity index (χ0) is 52.8. The lowest BCUT2D eigenvalue weighted by atomic mass is 10.0. The fourth-order valence-electron chi connectivity index (χ4n) is 6.16. The number of primary amides is 1. The van der Waals surface area contributed by atoms with E-state index in [1.54, 1.807) is 0 Å². The highest BCUT2D eigenvalue weighted by molar-refractivity contribution is 5.98. The van der Waals surface area contributed by atoms with Crippen LogP contribution in [0.25, 0.3) is 0 Å². The van der Waals surface area contributed by atoms with E-state index >= 15 is 0 Å². The second-order valence-corrected chi connectivity index (χ2v) is 16.4. The smallest absolute Gasteiger partial charge is 0.245 e. The van der Waals surface area contributed by atoms with E-state index in [0.29, 0.717) is 45.2 Å². The van der Waals surface area contributed by atoms with Crippen molar-refractivity contribution in [2.75, 3.05) is 32.8 Å². The summed E-state index contributed by atoms with van der Waals surface area (Å²) in [6, 6.07) is -11.8. The summed E-state index contributed by atoms with van der Waals surface area (Å²) in [6.45, 7) is 5.15. The number of nitrogens with two attached hydrogens (primary N) is 6. The molecule has 0 fully saturated rings. The van der Waals surface area contributed by atoms with E-state index in [1.807, 2.05) is 0 Å². The Morgan fingerprint density at radius 2 is 0.812 bits per heavy atom. The molecule has 0 saturated carbocycles. The van der Waals surface area contributed by atoms with Gasteiger partial charge >= 0.3 is 0 Å². The fourth-order valence-corrected chi connectivity index (χ4v) is 6.16. The number of hydrogen-bond acceptors (Lipinski definition) is 16. The molecular formula is C40H78N18O11. The lowest BCUT2D eigenvalue weighted by molar-refractivity contribution is -0.136. The maximum atomic E-state index is 13.7. The Bertz CT molecular complexity index is 1720. The van der Waals surface area contributed by atoms with Crippen molar-refractivity contribution < 1.29 is 53.4 Å². The molecule has 29 heteroatoms. The molecule has 0 unspecified atom stereocenters. The molecule has 0 bridgehead atoms. The van der Waals surface area contributed by atoms with Crippen molar-refractivity contribution in [3.05, 3.63) is 0 Å². The van der Waals surface area contributed by atoms with E-state index in [4.69, 9.17) is 45.2 Å². The van der Waals surface area contributed by atoms with E-state index in [2.05, 4.69) is 53.2 Å². The summed E-state index contributed by atoms with van der Waals surface area (Å²) in [5, 5.41) is 58.9. The van der Waals surface area contributed by atoms with Gasteiger partial charge < -0.3 is 97.8 Å². The lowest BCUT2D eigenvalue weighted by Gasteiger charge is -2.26. The summed E-state index contributed by atoms with van der Waals surface area (Å²) in [5.74, 6) is -8.48. The molecule has 0 heterocycles. The normalized spacial score (nSPS) is 15.3. The van der Waals surface area contributed by atoms with Crippen molar-refractivity contribution in [2.24, 2.45) is 34.4 Å². The minimum absolute atomic E-state index is 0.00277. The molecular weight excluding hydrogens is 909 g/mol. The van der Waals surface area contributed by atoms with Crippen LogP contribution in [0.1, 0.15) is 91.9 Å². The number of hydrogen-bond donors (Lipinski definition) is 20. The topological polar surface area (TPSA) is 518 Å². The van der Waals surface area contributed by atoms with Crippen LogP contribution in [-0.2, 0) is 43.2 Å². The Kier molecular flexibility index (Phi) is 30.8. The van der Waals surface area contributed by atoms with Gasteiger partial charge in [-0.3, -0.25) is 54.0 Å². The summed E-state index contributed by atoms with van der Waals surface area (Å²) >= 11 is 0. The second kappa shape index (κ2) is 33.9. The molecule has 0 rings (SSSR count). The molecule has 0 radical (unpaired) electrons. The average Bonchev–Trinajstić information content (AvgIpc) is 3.27. The van der Waals surface area contributed by atoms with Gasteiger partial charge in [-0.25, -0.2) is 0 Å². The van der Waals surface area contributed by atoms with Gasteiger partial charge in [0, 0.05) is 13.1 Å². The lowest BCUT2D eigenvalue weighted by Crippen LogP contribution is -2.61. The molecule has 0 saturated heterocycles. The second-order valence-electron chi connectivity index (χ2n) is 16.4. The van der Waals surface area contributed by atoms with Crippen molar-refractivity contribution >= 4 is 65.1 Å². The highest BCUT2D eigenvalue weighted by Crippen LogP contribution is 2.07. The first kappa shape index (κ1) is 62.6. The molecule has 9 amide bonds. The van der Waals surface area contributed by atoms with E-state index in [9.17, 15) is 53.4 Å². The molecule has 0 aliphatic rings. The van der Waals surface area contributed by atoms with Gasteiger partial charge in [0.2, 0.25) is 53.2 Å². The summed E-state index contributed by atoms with van der Waals surface area (Å²) in [5.41, 5.74) is 33.1. The number of guanidine groups is 2. The van der Waals surface area contributed by atoms with Crippen molar-refractivity contribution in [1.82, 2.24) is 53.2 Å². The summed E-state index contributed by atoms with van der Waals surface area (Å²) in [7, 11) is 0. The highest BCUT2D eigenvalue weighted by atomic mass is 16.3. The molecule has 0 aromatic heterocycles. The molecule has 0 spiro atoms. The first-order valence-corrected chi connectivity index (χ1v) is 22.7. The Morgan fingerprint density at radius 1 is 0.464 bits per heavy atom. The third-order valence-corrected chi connectivity index (χ3v) is 10.3. The van der Waals surface area contributed by atoms with E-state index < -0.39 is 120 Å². The summed E-state index contributed by atoms with van der Waals surface area (Å²) in [6.07, 6.45) is 1.53. The van der Waals surface area contributed by atoms with Crippen molar-refractivity contribution in [3.63, 3.8) is 0 Å². The zero-order valence-corrected chi connectivity index (χ0v) is 39.9. The molecule has 0 aromatic carbocycles. The Morgan fingerprint density at radius 3 is 1.22 bits per heavy atom. The van der Waals surface area contributed by atoms with Crippen LogP contribution in [0.4, 0.5) is 0 Å². The minimum atomic E-state index is -1.65. The molecule has 0 aromatic rings. The number of carbonyl (C=O) groups is 9. The van der Waals surface area contributed by atoms with Crippen LogP contribution >= 0.6 is 0 Å². The largest absolute Gasteiger partial charge is 0.394 e. The van der Waals surface area contributed by atoms with E-state index in [0.717, 1.165) is 6.92 Å². The zero-order valence-electron chi connectivity index (χ0n) is 39.9. The molecule has 394 valence electrons. The van der Waals surface area contributed by atoms with Crippen LogP contribution in [0.3, 0.4) is 0 Å². The standard InChI is InChI=1S/C40H78N18O11/c1-20(52-36(67)27(14-10-18-50-40(47)48)56-37(68)25(12-6-8-16-42)55-34(65)24(43)11-5-7-15-41)31(62)51-21(2)32(63)54-26(13-9-17-49-39(45)46)35(66)53-22(3)33(64)58-29(23(4)60)38(69)57-28(19-59)30(44)61/h20-29,59-60H,5-19,41-43H2,1-4H3,(H2,44,61)(H,51,62)(H,52,67)(H,53,66)(H,54,63)(H,55,65)(H,56,68)(H,57,69)(H,58,64)(H4,45,46,49)(H4,47,48,50)/t20-,21-,22-,23+,24-,25-,26-,27-,28-,29-/m0/s1. The maximum Gasteiger partial charge on any atom is 0.245 e. The number of aliphatic hydroxyl groups is 2. The SMILES string of the molecule is C[C@H](NC(=O)[C@H](C)NC(=O)[C@H](CCCNC(=N)N)NC(=O)[C@H](CCCCN)NC(=O)[C@@H](N)CCCCN)C(=O)N[C@@H](CCCNC(=N)N)C(=O)N[C@@H](C)C(=O)N[C@H](C(=O)N[C@@H](CO)C(N)=O)[C@@H](C)O. The number of nitrogens with one attached hydrogen (secondary N) is 12. The summed E-state index contributed by atoms with van der Waals surface area (Å²) < 4.78 is 0. The number of amides is 9. The van der Waals surface area contributed by atoms with Crippen LogP contribution < -0.4 is 87.6 Å². The van der Waals surface area contributed by atoms with Gasteiger partial charge in [-0.1, -0.05) is 6.42 Å². The van der Waals surface area contributed by atoms with Crippen molar-refractivity contribution in [2.45, 2.75) is 152 Å². The molecule has 0 aliphatic carbocycles. The Labute approximate surface area is 401 Å². The fraction of sp³-hybridized carbons (Fsp3) is 0.725. The number of unbranched alkanes of at least 4 members (excludes halogenated alkanes) is 2.